The van der Waals surface area contributed by atoms with Gasteiger partial charge in [-0.2, -0.15) is 0 Å². The zero-order valence-electron chi connectivity index (χ0n) is 26.6. The zero-order chi connectivity index (χ0) is 33.1. The molecule has 4 aromatic rings. The Hall–Kier alpha value is -4.47. The Kier molecular flexibility index (Phi) is 12.5. The Balaban J connectivity index is 1.50. The number of carbonyl (C=O) groups is 2. The van der Waals surface area contributed by atoms with Crippen LogP contribution in [0.15, 0.2) is 85.1 Å². The minimum Gasteiger partial charge on any atom is -0.390 e. The number of rotatable bonds is 15. The Bertz CT molecular complexity index is 1590. The highest BCUT2D eigenvalue weighted by molar-refractivity contribution is 6.00. The molecule has 242 valence electrons. The van der Waals surface area contributed by atoms with Gasteiger partial charge in [-0.25, -0.2) is 8.78 Å². The summed E-state index contributed by atoms with van der Waals surface area (Å²) in [6.07, 6.45) is 2.24. The van der Waals surface area contributed by atoms with Gasteiger partial charge in [0.2, 0.25) is 0 Å². The monoisotopic (exact) mass is 628 g/mol. The number of benzene rings is 3. The number of aryl methyl sites for hydroxylation is 1. The maximum absolute atomic E-state index is 14.0. The van der Waals surface area contributed by atoms with Crippen molar-refractivity contribution < 1.29 is 23.5 Å². The number of hydrogen-bond donors (Lipinski definition) is 3. The number of pyridine rings is 1. The second-order valence-electron chi connectivity index (χ2n) is 11.6. The smallest absolute Gasteiger partial charge is 0.253 e. The molecular weight excluding hydrogens is 586 g/mol. The highest BCUT2D eigenvalue weighted by Gasteiger charge is 2.24. The summed E-state index contributed by atoms with van der Waals surface area (Å²) in [5, 5.41) is 17.4. The third-order valence-corrected chi connectivity index (χ3v) is 7.59. The van der Waals surface area contributed by atoms with Crippen LogP contribution < -0.4 is 10.6 Å². The van der Waals surface area contributed by atoms with Crippen LogP contribution in [-0.2, 0) is 13.0 Å². The molecule has 0 aliphatic heterocycles. The van der Waals surface area contributed by atoms with Gasteiger partial charge in [0.15, 0.2) is 0 Å². The summed E-state index contributed by atoms with van der Waals surface area (Å²) in [5.41, 5.74) is 4.48. The summed E-state index contributed by atoms with van der Waals surface area (Å²) in [4.78, 5) is 33.0. The van der Waals surface area contributed by atoms with E-state index < -0.39 is 29.7 Å². The molecule has 2 atom stereocenters. The summed E-state index contributed by atoms with van der Waals surface area (Å²) < 4.78 is 28.1. The van der Waals surface area contributed by atoms with Crippen molar-refractivity contribution in [1.82, 2.24) is 20.5 Å². The van der Waals surface area contributed by atoms with Gasteiger partial charge in [0.05, 0.1) is 17.8 Å². The van der Waals surface area contributed by atoms with Crippen LogP contribution in [0.1, 0.15) is 64.1 Å². The summed E-state index contributed by atoms with van der Waals surface area (Å²) in [6.45, 7) is 7.58. The zero-order valence-corrected chi connectivity index (χ0v) is 26.6. The first-order chi connectivity index (χ1) is 22.2. The standard InChI is InChI=1S/C37H42F2N4O3/c1-4-13-43(14-5-2)37(46)30-16-25(3)15-29(21-30)36(45)42-34(20-27-18-31(38)22-32(39)19-27)35(44)24-40-23-26-9-8-10-28(17-26)33-11-6-7-12-41-33/h6-12,15-19,21-22,34-35,40,44H,4-5,13-14,20,23-24H2,1-3H3,(H,42,45)/t34-,35+/m0/s1. The number of hydrogen-bond acceptors (Lipinski definition) is 5. The van der Waals surface area contributed by atoms with E-state index in [-0.39, 0.29) is 24.4 Å². The Labute approximate surface area is 269 Å². The molecule has 9 heteroatoms. The molecule has 2 amide bonds. The lowest BCUT2D eigenvalue weighted by Crippen LogP contribution is -2.48. The molecule has 0 radical (unpaired) electrons. The molecule has 0 fully saturated rings. The molecule has 0 aliphatic rings. The molecule has 0 saturated carbocycles. The van der Waals surface area contributed by atoms with Crippen LogP contribution in [-0.4, -0.2) is 58.6 Å². The van der Waals surface area contributed by atoms with Crippen LogP contribution in [0.2, 0.25) is 0 Å². The van der Waals surface area contributed by atoms with Gasteiger partial charge < -0.3 is 20.6 Å². The number of aromatic nitrogens is 1. The molecule has 4 rings (SSSR count). The van der Waals surface area contributed by atoms with Crippen molar-refractivity contribution in [3.05, 3.63) is 125 Å². The van der Waals surface area contributed by atoms with Crippen LogP contribution in [0.5, 0.6) is 0 Å². The van der Waals surface area contributed by atoms with E-state index in [1.165, 1.54) is 12.1 Å². The third-order valence-electron chi connectivity index (χ3n) is 7.59. The van der Waals surface area contributed by atoms with Crippen LogP contribution in [0.25, 0.3) is 11.3 Å². The lowest BCUT2D eigenvalue weighted by atomic mass is 9.99. The fourth-order valence-corrected chi connectivity index (χ4v) is 5.47. The van der Waals surface area contributed by atoms with E-state index in [9.17, 15) is 23.5 Å². The quantitative estimate of drug-likeness (QED) is 0.148. The normalized spacial score (nSPS) is 12.4. The second-order valence-corrected chi connectivity index (χ2v) is 11.6. The fourth-order valence-electron chi connectivity index (χ4n) is 5.47. The van der Waals surface area contributed by atoms with Gasteiger partial charge in [-0.1, -0.05) is 38.1 Å². The molecule has 1 aromatic heterocycles. The molecule has 7 nitrogen and oxygen atoms in total. The average molecular weight is 629 g/mol. The molecule has 3 aromatic carbocycles. The van der Waals surface area contributed by atoms with E-state index in [1.54, 1.807) is 29.3 Å². The van der Waals surface area contributed by atoms with E-state index in [0.717, 1.165) is 41.3 Å². The predicted octanol–water partition coefficient (Wildman–Crippen LogP) is 6.09. The second kappa shape index (κ2) is 16.7. The van der Waals surface area contributed by atoms with Crippen molar-refractivity contribution in [3.8, 4) is 11.3 Å². The lowest BCUT2D eigenvalue weighted by Gasteiger charge is -2.25. The van der Waals surface area contributed by atoms with Gasteiger partial charge >= 0.3 is 0 Å². The first-order valence-electron chi connectivity index (χ1n) is 15.7. The number of halogens is 2. The van der Waals surface area contributed by atoms with Gasteiger partial charge in [-0.3, -0.25) is 14.6 Å². The van der Waals surface area contributed by atoms with E-state index >= 15 is 0 Å². The number of nitrogens with zero attached hydrogens (tertiary/aromatic N) is 2. The van der Waals surface area contributed by atoms with Crippen LogP contribution in [0.3, 0.4) is 0 Å². The van der Waals surface area contributed by atoms with Gasteiger partial charge in [-0.05, 0) is 91.4 Å². The maximum atomic E-state index is 14.0. The number of nitrogens with one attached hydrogen (secondary N) is 2. The molecule has 0 spiro atoms. The minimum absolute atomic E-state index is 0.0171. The summed E-state index contributed by atoms with van der Waals surface area (Å²) in [5.74, 6) is -2.14. The van der Waals surface area contributed by atoms with E-state index in [4.69, 9.17) is 0 Å². The van der Waals surface area contributed by atoms with Crippen molar-refractivity contribution in [1.29, 1.82) is 0 Å². The van der Waals surface area contributed by atoms with Crippen LogP contribution >= 0.6 is 0 Å². The molecule has 46 heavy (non-hydrogen) atoms. The van der Waals surface area contributed by atoms with Gasteiger partial charge in [-0.15, -0.1) is 0 Å². The van der Waals surface area contributed by atoms with Gasteiger partial charge in [0, 0.05) is 55.1 Å². The molecule has 0 saturated heterocycles. The highest BCUT2D eigenvalue weighted by Crippen LogP contribution is 2.19. The summed E-state index contributed by atoms with van der Waals surface area (Å²) >= 11 is 0. The van der Waals surface area contributed by atoms with Gasteiger partial charge in [0.1, 0.15) is 11.6 Å². The fraction of sp³-hybridized carbons (Fsp3) is 0.324. The topological polar surface area (TPSA) is 94.6 Å². The third kappa shape index (κ3) is 9.76. The van der Waals surface area contributed by atoms with E-state index in [2.05, 4.69) is 15.6 Å². The number of amides is 2. The number of aliphatic hydroxyl groups excluding tert-OH is 1. The number of aliphatic hydroxyl groups is 1. The Morgan fingerprint density at radius 1 is 0.870 bits per heavy atom. The molecule has 0 aliphatic carbocycles. The predicted molar refractivity (Wildman–Crippen MR) is 176 cm³/mol. The van der Waals surface area contributed by atoms with Crippen molar-refractivity contribution in [2.75, 3.05) is 19.6 Å². The Morgan fingerprint density at radius 2 is 1.59 bits per heavy atom. The average Bonchev–Trinajstić information content (AvgIpc) is 3.03. The van der Waals surface area contributed by atoms with Crippen molar-refractivity contribution in [2.45, 2.75) is 58.7 Å². The SMILES string of the molecule is CCCN(CCC)C(=O)c1cc(C)cc(C(=O)N[C@@H](Cc2cc(F)cc(F)c2)[C@H](O)CNCc2cccc(-c3ccccn3)c2)c1. The first kappa shape index (κ1) is 34.4. The lowest BCUT2D eigenvalue weighted by molar-refractivity contribution is 0.0755. The molecule has 0 bridgehead atoms. The summed E-state index contributed by atoms with van der Waals surface area (Å²) in [7, 11) is 0. The molecule has 1 heterocycles. The Morgan fingerprint density at radius 3 is 2.26 bits per heavy atom. The minimum atomic E-state index is -1.11. The van der Waals surface area contributed by atoms with Crippen LogP contribution in [0.4, 0.5) is 8.78 Å². The van der Waals surface area contributed by atoms with Gasteiger partial charge in [0.25, 0.3) is 11.8 Å². The molecular formula is C37H42F2N4O3. The molecule has 3 N–H and O–H groups in total. The number of carbonyl (C=O) groups excluding carboxylic acids is 2. The van der Waals surface area contributed by atoms with Crippen molar-refractivity contribution in [3.63, 3.8) is 0 Å². The van der Waals surface area contributed by atoms with E-state index in [1.807, 2.05) is 63.2 Å². The van der Waals surface area contributed by atoms with Crippen LogP contribution in [0, 0.1) is 18.6 Å². The highest BCUT2D eigenvalue weighted by atomic mass is 19.1. The van der Waals surface area contributed by atoms with Crippen molar-refractivity contribution in [2.24, 2.45) is 0 Å². The molecule has 0 unspecified atom stereocenters. The summed E-state index contributed by atoms with van der Waals surface area (Å²) in [6, 6.07) is 20.8. The first-order valence-corrected chi connectivity index (χ1v) is 15.7. The van der Waals surface area contributed by atoms with E-state index in [0.29, 0.717) is 30.8 Å². The van der Waals surface area contributed by atoms with Crippen molar-refractivity contribution >= 4 is 11.8 Å². The maximum Gasteiger partial charge on any atom is 0.253 e. The largest absolute Gasteiger partial charge is 0.390 e.